The summed E-state index contributed by atoms with van der Waals surface area (Å²) in [7, 11) is 0. The quantitative estimate of drug-likeness (QED) is 0.843. The summed E-state index contributed by atoms with van der Waals surface area (Å²) in [5.41, 5.74) is 0.811. The van der Waals surface area contributed by atoms with E-state index in [0.717, 1.165) is 42.9 Å². The third-order valence-corrected chi connectivity index (χ3v) is 4.76. The second-order valence-electron chi connectivity index (χ2n) is 6.08. The fourth-order valence-electron chi connectivity index (χ4n) is 3.53. The second-order valence-corrected chi connectivity index (χ2v) is 6.08. The molecule has 2 aromatic rings. The fraction of sp³-hybridized carbons (Fsp3) is 0.667. The molecular formula is C15H21N5O. The molecule has 1 atom stereocenters. The van der Waals surface area contributed by atoms with Crippen molar-refractivity contribution >= 4 is 11.5 Å². The van der Waals surface area contributed by atoms with Gasteiger partial charge in [-0.3, -0.25) is 0 Å². The molecular weight excluding hydrogens is 266 g/mol. The maximum absolute atomic E-state index is 5.84. The van der Waals surface area contributed by atoms with Crippen LogP contribution in [-0.2, 0) is 4.74 Å². The van der Waals surface area contributed by atoms with E-state index in [9.17, 15) is 0 Å². The number of aromatic nitrogens is 4. The Hall–Kier alpha value is -1.69. The predicted molar refractivity (Wildman–Crippen MR) is 79.4 cm³/mol. The number of rotatable bonds is 2. The van der Waals surface area contributed by atoms with Gasteiger partial charge in [0.2, 0.25) is 0 Å². The maximum Gasteiger partial charge on any atom is 0.178 e. The minimum atomic E-state index is 0.502. The van der Waals surface area contributed by atoms with Crippen LogP contribution in [0.3, 0.4) is 0 Å². The molecule has 0 amide bonds. The van der Waals surface area contributed by atoms with Gasteiger partial charge in [-0.1, -0.05) is 0 Å². The Labute approximate surface area is 124 Å². The van der Waals surface area contributed by atoms with E-state index in [1.165, 1.54) is 25.7 Å². The first-order valence-electron chi connectivity index (χ1n) is 7.87. The van der Waals surface area contributed by atoms with Crippen molar-refractivity contribution in [2.75, 3.05) is 24.6 Å². The summed E-state index contributed by atoms with van der Waals surface area (Å²) in [4.78, 5) is 2.37. The number of hydrogen-bond acceptors (Lipinski definition) is 5. The first-order chi connectivity index (χ1) is 10.3. The van der Waals surface area contributed by atoms with E-state index in [0.29, 0.717) is 6.10 Å². The van der Waals surface area contributed by atoms with E-state index < -0.39 is 0 Å². The first-order valence-corrected chi connectivity index (χ1v) is 7.87. The SMILES string of the molecule is Cc1nnc2ccc(N3CCC(C4CCCO4)CC3)nn12. The molecule has 0 spiro atoms. The summed E-state index contributed by atoms with van der Waals surface area (Å²) in [5.74, 6) is 2.58. The zero-order chi connectivity index (χ0) is 14.2. The highest BCUT2D eigenvalue weighted by atomic mass is 16.5. The van der Waals surface area contributed by atoms with Crippen molar-refractivity contribution in [3.8, 4) is 0 Å². The molecule has 2 fully saturated rings. The predicted octanol–water partition coefficient (Wildman–Crippen LogP) is 1.83. The number of fused-ring (bicyclic) bond motifs is 1. The van der Waals surface area contributed by atoms with Crippen LogP contribution in [0.15, 0.2) is 12.1 Å². The molecule has 112 valence electrons. The van der Waals surface area contributed by atoms with Crippen molar-refractivity contribution in [1.29, 1.82) is 0 Å². The lowest BCUT2D eigenvalue weighted by molar-refractivity contribution is 0.0531. The summed E-state index contributed by atoms with van der Waals surface area (Å²) in [6, 6.07) is 4.05. The van der Waals surface area contributed by atoms with Crippen LogP contribution in [0.1, 0.15) is 31.5 Å². The first kappa shape index (κ1) is 13.0. The van der Waals surface area contributed by atoms with Gasteiger partial charge < -0.3 is 9.64 Å². The molecule has 6 nitrogen and oxygen atoms in total. The molecule has 0 aliphatic carbocycles. The minimum Gasteiger partial charge on any atom is -0.378 e. The average molecular weight is 287 g/mol. The van der Waals surface area contributed by atoms with Crippen LogP contribution >= 0.6 is 0 Å². The largest absolute Gasteiger partial charge is 0.378 e. The molecule has 2 aliphatic heterocycles. The van der Waals surface area contributed by atoms with Gasteiger partial charge in [0.25, 0.3) is 0 Å². The molecule has 2 aromatic heterocycles. The van der Waals surface area contributed by atoms with Gasteiger partial charge in [0.15, 0.2) is 11.5 Å². The van der Waals surface area contributed by atoms with Crippen LogP contribution in [-0.4, -0.2) is 45.6 Å². The Morgan fingerprint density at radius 1 is 1.14 bits per heavy atom. The molecule has 0 radical (unpaired) electrons. The topological polar surface area (TPSA) is 55.5 Å². The van der Waals surface area contributed by atoms with Crippen molar-refractivity contribution in [3.63, 3.8) is 0 Å². The van der Waals surface area contributed by atoms with Crippen LogP contribution in [0.2, 0.25) is 0 Å². The van der Waals surface area contributed by atoms with Crippen LogP contribution in [0.5, 0.6) is 0 Å². The molecule has 2 saturated heterocycles. The highest BCUT2D eigenvalue weighted by molar-refractivity contribution is 5.45. The van der Waals surface area contributed by atoms with Crippen LogP contribution in [0.4, 0.5) is 5.82 Å². The number of piperidine rings is 1. The van der Waals surface area contributed by atoms with Crippen molar-refractivity contribution in [3.05, 3.63) is 18.0 Å². The van der Waals surface area contributed by atoms with E-state index in [2.05, 4.69) is 26.3 Å². The molecule has 0 saturated carbocycles. The van der Waals surface area contributed by atoms with E-state index >= 15 is 0 Å². The van der Waals surface area contributed by atoms with Gasteiger partial charge in [-0.25, -0.2) is 0 Å². The molecule has 2 aliphatic rings. The smallest absolute Gasteiger partial charge is 0.178 e. The van der Waals surface area contributed by atoms with E-state index in [1.807, 2.05) is 17.5 Å². The van der Waals surface area contributed by atoms with Crippen molar-refractivity contribution in [2.24, 2.45) is 5.92 Å². The average Bonchev–Trinajstić information content (AvgIpc) is 3.18. The summed E-state index contributed by atoms with van der Waals surface area (Å²) in [6.07, 6.45) is 5.38. The summed E-state index contributed by atoms with van der Waals surface area (Å²) < 4.78 is 7.66. The number of nitrogens with zero attached hydrogens (tertiary/aromatic N) is 5. The number of aryl methyl sites for hydroxylation is 1. The van der Waals surface area contributed by atoms with E-state index in [-0.39, 0.29) is 0 Å². The Balaban J connectivity index is 1.47. The van der Waals surface area contributed by atoms with Gasteiger partial charge in [0, 0.05) is 19.7 Å². The number of ether oxygens (including phenoxy) is 1. The zero-order valence-corrected chi connectivity index (χ0v) is 12.4. The van der Waals surface area contributed by atoms with Crippen LogP contribution < -0.4 is 4.90 Å². The molecule has 0 bridgehead atoms. The minimum absolute atomic E-state index is 0.502. The Morgan fingerprint density at radius 2 is 2.00 bits per heavy atom. The molecule has 1 unspecified atom stereocenters. The molecule has 0 N–H and O–H groups in total. The highest BCUT2D eigenvalue weighted by Crippen LogP contribution is 2.30. The third kappa shape index (κ3) is 2.37. The molecule has 4 heterocycles. The Bertz CT molecular complexity index is 626. The highest BCUT2D eigenvalue weighted by Gasteiger charge is 2.29. The monoisotopic (exact) mass is 287 g/mol. The van der Waals surface area contributed by atoms with Crippen molar-refractivity contribution in [1.82, 2.24) is 19.8 Å². The normalized spacial score (nSPS) is 24.0. The summed E-state index contributed by atoms with van der Waals surface area (Å²) in [6.45, 7) is 5.00. The molecule has 0 aromatic carbocycles. The lowest BCUT2D eigenvalue weighted by Crippen LogP contribution is -2.38. The van der Waals surface area contributed by atoms with Crippen molar-refractivity contribution < 1.29 is 4.74 Å². The van der Waals surface area contributed by atoms with Gasteiger partial charge in [-0.2, -0.15) is 4.52 Å². The molecule has 6 heteroatoms. The van der Waals surface area contributed by atoms with E-state index in [4.69, 9.17) is 4.74 Å². The Morgan fingerprint density at radius 3 is 2.76 bits per heavy atom. The number of hydrogen-bond donors (Lipinski definition) is 0. The van der Waals surface area contributed by atoms with Crippen LogP contribution in [0.25, 0.3) is 5.65 Å². The lowest BCUT2D eigenvalue weighted by Gasteiger charge is -2.34. The maximum atomic E-state index is 5.84. The lowest BCUT2D eigenvalue weighted by atomic mass is 9.90. The van der Waals surface area contributed by atoms with Gasteiger partial charge in [-0.05, 0) is 50.7 Å². The second kappa shape index (κ2) is 5.26. The van der Waals surface area contributed by atoms with Gasteiger partial charge >= 0.3 is 0 Å². The Kier molecular flexibility index (Phi) is 3.25. The van der Waals surface area contributed by atoms with E-state index in [1.54, 1.807) is 0 Å². The van der Waals surface area contributed by atoms with Crippen LogP contribution in [0, 0.1) is 12.8 Å². The standard InChI is InChI=1S/C15H21N5O/c1-11-16-17-14-4-5-15(18-20(11)14)19-8-6-12(7-9-19)13-3-2-10-21-13/h4-5,12-13H,2-3,6-10H2,1H3. The van der Waals surface area contributed by atoms with Gasteiger partial charge in [0.1, 0.15) is 5.82 Å². The van der Waals surface area contributed by atoms with Crippen molar-refractivity contribution in [2.45, 2.75) is 38.7 Å². The number of anilines is 1. The summed E-state index contributed by atoms with van der Waals surface area (Å²) >= 11 is 0. The fourth-order valence-corrected chi connectivity index (χ4v) is 3.53. The zero-order valence-electron chi connectivity index (χ0n) is 12.4. The van der Waals surface area contributed by atoms with Gasteiger partial charge in [0.05, 0.1) is 6.10 Å². The molecule has 21 heavy (non-hydrogen) atoms. The van der Waals surface area contributed by atoms with Gasteiger partial charge in [-0.15, -0.1) is 15.3 Å². The summed E-state index contributed by atoms with van der Waals surface area (Å²) in [5, 5.41) is 12.8. The molecule has 4 rings (SSSR count). The third-order valence-electron chi connectivity index (χ3n) is 4.76.